The molecular formula is C16H22ClNO2. The molecule has 3 nitrogen and oxygen atoms in total. The van der Waals surface area contributed by atoms with Gasteiger partial charge in [-0.2, -0.15) is 0 Å². The SMILES string of the molecule is CC(/C(=C\Cl)CNC(=O)OC(C)(C)C)c1ccccc1. The van der Waals surface area contributed by atoms with Crippen molar-refractivity contribution in [2.24, 2.45) is 0 Å². The molecule has 1 aromatic rings. The first-order chi connectivity index (χ1) is 9.33. The standard InChI is InChI=1S/C16H22ClNO2/c1-12(13-8-6-5-7-9-13)14(10-17)11-18-15(19)20-16(2,3)4/h5-10,12H,11H2,1-4H3,(H,18,19)/b14-10-. The van der Waals surface area contributed by atoms with E-state index in [9.17, 15) is 4.79 Å². The van der Waals surface area contributed by atoms with Gasteiger partial charge in [-0.25, -0.2) is 4.79 Å². The molecule has 0 radical (unpaired) electrons. The van der Waals surface area contributed by atoms with Crippen molar-refractivity contribution < 1.29 is 9.53 Å². The normalized spacial score (nSPS) is 13.8. The van der Waals surface area contributed by atoms with Gasteiger partial charge in [0.15, 0.2) is 0 Å². The maximum atomic E-state index is 11.6. The molecule has 0 aliphatic rings. The maximum Gasteiger partial charge on any atom is 0.407 e. The summed E-state index contributed by atoms with van der Waals surface area (Å²) in [6.45, 7) is 7.92. The minimum absolute atomic E-state index is 0.142. The van der Waals surface area contributed by atoms with Crippen molar-refractivity contribution in [3.8, 4) is 0 Å². The predicted molar refractivity (Wildman–Crippen MR) is 83.0 cm³/mol. The van der Waals surface area contributed by atoms with Crippen LogP contribution >= 0.6 is 11.6 Å². The summed E-state index contributed by atoms with van der Waals surface area (Å²) in [5.74, 6) is 0.142. The summed E-state index contributed by atoms with van der Waals surface area (Å²) in [6, 6.07) is 10.0. The van der Waals surface area contributed by atoms with E-state index in [0.29, 0.717) is 6.54 Å². The van der Waals surface area contributed by atoms with Crippen LogP contribution in [-0.4, -0.2) is 18.2 Å². The first-order valence-corrected chi connectivity index (χ1v) is 7.08. The van der Waals surface area contributed by atoms with E-state index in [4.69, 9.17) is 16.3 Å². The van der Waals surface area contributed by atoms with Crippen LogP contribution < -0.4 is 5.32 Å². The van der Waals surface area contributed by atoms with Crippen LogP contribution in [0.2, 0.25) is 0 Å². The first kappa shape index (κ1) is 16.6. The van der Waals surface area contributed by atoms with Gasteiger partial charge in [-0.1, -0.05) is 48.9 Å². The van der Waals surface area contributed by atoms with Crippen LogP contribution in [0.5, 0.6) is 0 Å². The Hall–Kier alpha value is -1.48. The van der Waals surface area contributed by atoms with E-state index >= 15 is 0 Å². The number of carbonyl (C=O) groups is 1. The molecule has 0 saturated heterocycles. The maximum absolute atomic E-state index is 11.6. The van der Waals surface area contributed by atoms with Crippen LogP contribution in [0.3, 0.4) is 0 Å². The molecule has 1 N–H and O–H groups in total. The fourth-order valence-corrected chi connectivity index (χ4v) is 2.00. The molecular weight excluding hydrogens is 274 g/mol. The van der Waals surface area contributed by atoms with E-state index in [0.717, 1.165) is 11.1 Å². The van der Waals surface area contributed by atoms with Gasteiger partial charge in [0.2, 0.25) is 0 Å². The summed E-state index contributed by atoms with van der Waals surface area (Å²) >= 11 is 5.87. The summed E-state index contributed by atoms with van der Waals surface area (Å²) < 4.78 is 5.20. The third-order valence-corrected chi connectivity index (χ3v) is 3.11. The molecule has 0 bridgehead atoms. The first-order valence-electron chi connectivity index (χ1n) is 6.64. The van der Waals surface area contributed by atoms with Crippen molar-refractivity contribution in [1.29, 1.82) is 0 Å². The molecule has 20 heavy (non-hydrogen) atoms. The van der Waals surface area contributed by atoms with Crippen LogP contribution in [0.15, 0.2) is 41.4 Å². The molecule has 1 amide bonds. The lowest BCUT2D eigenvalue weighted by Crippen LogP contribution is -2.34. The summed E-state index contributed by atoms with van der Waals surface area (Å²) in [7, 11) is 0. The van der Waals surface area contributed by atoms with Crippen LogP contribution in [-0.2, 0) is 4.74 Å². The molecule has 0 heterocycles. The van der Waals surface area contributed by atoms with Gasteiger partial charge in [-0.3, -0.25) is 0 Å². The Labute approximate surface area is 126 Å². The smallest absolute Gasteiger partial charge is 0.407 e. The molecule has 1 aromatic carbocycles. The highest BCUT2D eigenvalue weighted by Gasteiger charge is 2.17. The van der Waals surface area contributed by atoms with Crippen LogP contribution in [0.25, 0.3) is 0 Å². The Morgan fingerprint density at radius 2 is 1.95 bits per heavy atom. The number of rotatable bonds is 4. The highest BCUT2D eigenvalue weighted by molar-refractivity contribution is 6.25. The van der Waals surface area contributed by atoms with Gasteiger partial charge < -0.3 is 10.1 Å². The molecule has 0 aromatic heterocycles. The molecule has 0 aliphatic carbocycles. The van der Waals surface area contributed by atoms with Crippen LogP contribution in [0, 0.1) is 0 Å². The zero-order chi connectivity index (χ0) is 15.2. The van der Waals surface area contributed by atoms with E-state index in [1.54, 1.807) is 0 Å². The number of amides is 1. The molecule has 1 atom stereocenters. The second-order valence-corrected chi connectivity index (χ2v) is 5.89. The number of carbonyl (C=O) groups excluding carboxylic acids is 1. The third-order valence-electron chi connectivity index (χ3n) is 2.83. The molecule has 0 saturated carbocycles. The molecule has 0 fully saturated rings. The van der Waals surface area contributed by atoms with E-state index < -0.39 is 11.7 Å². The quantitative estimate of drug-likeness (QED) is 0.892. The Morgan fingerprint density at radius 1 is 1.35 bits per heavy atom. The molecule has 0 spiro atoms. The van der Waals surface area contributed by atoms with Crippen molar-refractivity contribution in [1.82, 2.24) is 5.32 Å². The third kappa shape index (κ3) is 5.66. The second-order valence-electron chi connectivity index (χ2n) is 5.67. The molecule has 1 unspecified atom stereocenters. The van der Waals surface area contributed by atoms with Gasteiger partial charge >= 0.3 is 6.09 Å². The lowest BCUT2D eigenvalue weighted by atomic mass is 9.94. The van der Waals surface area contributed by atoms with E-state index in [1.165, 1.54) is 5.54 Å². The van der Waals surface area contributed by atoms with Gasteiger partial charge in [0.25, 0.3) is 0 Å². The van der Waals surface area contributed by atoms with Gasteiger partial charge in [0, 0.05) is 18.0 Å². The topological polar surface area (TPSA) is 38.3 Å². The fourth-order valence-electron chi connectivity index (χ4n) is 1.73. The number of benzene rings is 1. The van der Waals surface area contributed by atoms with Crippen LogP contribution in [0.1, 0.15) is 39.2 Å². The second kappa shape index (κ2) is 7.34. The van der Waals surface area contributed by atoms with E-state index in [1.807, 2.05) is 51.1 Å². The lowest BCUT2D eigenvalue weighted by Gasteiger charge is -2.21. The minimum atomic E-state index is -0.500. The Bertz CT molecular complexity index is 463. The Kier molecular flexibility index (Phi) is 6.08. The van der Waals surface area contributed by atoms with E-state index in [-0.39, 0.29) is 5.92 Å². The van der Waals surface area contributed by atoms with Crippen molar-refractivity contribution in [2.75, 3.05) is 6.54 Å². The average Bonchev–Trinajstić information content (AvgIpc) is 2.38. The Balaban J connectivity index is 2.59. The number of alkyl carbamates (subject to hydrolysis) is 1. The molecule has 4 heteroatoms. The number of hydrogen-bond donors (Lipinski definition) is 1. The van der Waals surface area contributed by atoms with Crippen molar-refractivity contribution in [3.63, 3.8) is 0 Å². The highest BCUT2D eigenvalue weighted by atomic mass is 35.5. The minimum Gasteiger partial charge on any atom is -0.444 e. The zero-order valence-corrected chi connectivity index (χ0v) is 13.2. The summed E-state index contributed by atoms with van der Waals surface area (Å²) in [5, 5.41) is 2.73. The monoisotopic (exact) mass is 295 g/mol. The lowest BCUT2D eigenvalue weighted by molar-refractivity contribution is 0.0532. The van der Waals surface area contributed by atoms with E-state index in [2.05, 4.69) is 12.2 Å². The molecule has 110 valence electrons. The number of nitrogens with one attached hydrogen (secondary N) is 1. The zero-order valence-electron chi connectivity index (χ0n) is 12.4. The largest absolute Gasteiger partial charge is 0.444 e. The highest BCUT2D eigenvalue weighted by Crippen LogP contribution is 2.23. The summed E-state index contributed by atoms with van der Waals surface area (Å²) in [5.41, 5.74) is 3.11. The fraction of sp³-hybridized carbons (Fsp3) is 0.438. The van der Waals surface area contributed by atoms with Crippen molar-refractivity contribution in [3.05, 3.63) is 47.0 Å². The van der Waals surface area contributed by atoms with Gasteiger partial charge in [0.05, 0.1) is 0 Å². The summed E-state index contributed by atoms with van der Waals surface area (Å²) in [6.07, 6.45) is -0.436. The molecule has 0 aliphatic heterocycles. The van der Waals surface area contributed by atoms with Gasteiger partial charge in [0.1, 0.15) is 5.60 Å². The Morgan fingerprint density at radius 3 is 2.45 bits per heavy atom. The predicted octanol–water partition coefficient (Wildman–Crippen LogP) is 4.44. The van der Waals surface area contributed by atoms with Crippen LogP contribution in [0.4, 0.5) is 4.79 Å². The number of halogens is 1. The summed E-state index contributed by atoms with van der Waals surface area (Å²) in [4.78, 5) is 11.6. The van der Waals surface area contributed by atoms with Crippen molar-refractivity contribution in [2.45, 2.75) is 39.2 Å². The van der Waals surface area contributed by atoms with Gasteiger partial charge in [-0.05, 0) is 31.9 Å². The average molecular weight is 296 g/mol. The van der Waals surface area contributed by atoms with Crippen molar-refractivity contribution >= 4 is 17.7 Å². The molecule has 1 rings (SSSR count). The number of ether oxygens (including phenoxy) is 1. The van der Waals surface area contributed by atoms with Gasteiger partial charge in [-0.15, -0.1) is 0 Å². The number of hydrogen-bond acceptors (Lipinski definition) is 2.